The zero-order valence-corrected chi connectivity index (χ0v) is 14.8. The van der Waals surface area contributed by atoms with Crippen molar-refractivity contribution in [2.45, 2.75) is 19.4 Å². The summed E-state index contributed by atoms with van der Waals surface area (Å²) in [4.78, 5) is 24.1. The van der Waals surface area contributed by atoms with E-state index in [1.54, 1.807) is 6.92 Å². The number of carbonyl (C=O) groups is 1. The largest absolute Gasteiger partial charge is 0.493 e. The normalized spacial score (nSPS) is 18.6. The molecule has 1 saturated heterocycles. The number of hydrogen-bond donors (Lipinski definition) is 0. The first-order valence-corrected chi connectivity index (χ1v) is 9.54. The fraction of sp³-hybridized carbons (Fsp3) is 0.533. The fourth-order valence-corrected chi connectivity index (χ4v) is 4.50. The Morgan fingerprint density at radius 2 is 2.12 bits per heavy atom. The van der Waals surface area contributed by atoms with Crippen molar-refractivity contribution in [2.24, 2.45) is 0 Å². The second-order valence-corrected chi connectivity index (χ2v) is 7.85. The maximum atomic E-state index is 12.4. The standard InChI is InChI=1S/C15H20N2O7S/c1-3-16(12-6-7-25(21,22)10-12)15(18)9-24-14-8-11(17(19)20)4-5-13(14)23-2/h4-5,8,12H,3,6-7,9-10H2,1-2H3. The molecule has 0 N–H and O–H groups in total. The SMILES string of the molecule is CCN(C(=O)COc1cc([N+](=O)[O-])ccc1OC)C1CCS(=O)(=O)C1. The van der Waals surface area contributed by atoms with E-state index >= 15 is 0 Å². The molecule has 0 bridgehead atoms. The predicted molar refractivity (Wildman–Crippen MR) is 89.6 cm³/mol. The molecule has 1 aliphatic rings. The van der Waals surface area contributed by atoms with E-state index in [2.05, 4.69) is 0 Å². The van der Waals surface area contributed by atoms with Gasteiger partial charge >= 0.3 is 0 Å². The summed E-state index contributed by atoms with van der Waals surface area (Å²) in [5.74, 6) is -0.00327. The van der Waals surface area contributed by atoms with E-state index < -0.39 is 14.8 Å². The van der Waals surface area contributed by atoms with Gasteiger partial charge in [0.2, 0.25) is 0 Å². The number of likely N-dealkylation sites (N-methyl/N-ethyl adjacent to an activating group) is 1. The van der Waals surface area contributed by atoms with Gasteiger partial charge in [0.25, 0.3) is 11.6 Å². The van der Waals surface area contributed by atoms with Crippen LogP contribution in [0.4, 0.5) is 5.69 Å². The fourth-order valence-electron chi connectivity index (χ4n) is 2.77. The molecular weight excluding hydrogens is 352 g/mol. The average molecular weight is 372 g/mol. The molecule has 0 radical (unpaired) electrons. The molecule has 9 nitrogen and oxygen atoms in total. The summed E-state index contributed by atoms with van der Waals surface area (Å²) in [6.45, 7) is 1.76. The highest BCUT2D eigenvalue weighted by atomic mass is 32.2. The van der Waals surface area contributed by atoms with Crippen molar-refractivity contribution in [3.63, 3.8) is 0 Å². The molecule has 0 aromatic heterocycles. The summed E-state index contributed by atoms with van der Waals surface area (Å²) in [6, 6.07) is 3.48. The monoisotopic (exact) mass is 372 g/mol. The molecule has 1 unspecified atom stereocenters. The van der Waals surface area contributed by atoms with Crippen molar-refractivity contribution in [2.75, 3.05) is 31.8 Å². The van der Waals surface area contributed by atoms with Gasteiger partial charge in [0.1, 0.15) is 0 Å². The first-order chi connectivity index (χ1) is 11.8. The van der Waals surface area contributed by atoms with Gasteiger partial charge in [-0.3, -0.25) is 14.9 Å². The van der Waals surface area contributed by atoms with Gasteiger partial charge in [-0.1, -0.05) is 0 Å². The van der Waals surface area contributed by atoms with Gasteiger partial charge in [-0.2, -0.15) is 0 Å². The molecule has 0 spiro atoms. The van der Waals surface area contributed by atoms with Crippen molar-refractivity contribution in [1.29, 1.82) is 0 Å². The van der Waals surface area contributed by atoms with Gasteiger partial charge in [-0.15, -0.1) is 0 Å². The van der Waals surface area contributed by atoms with Crippen LogP contribution in [0.15, 0.2) is 18.2 Å². The van der Waals surface area contributed by atoms with Crippen LogP contribution < -0.4 is 9.47 Å². The summed E-state index contributed by atoms with van der Waals surface area (Å²) in [5, 5.41) is 10.9. The summed E-state index contributed by atoms with van der Waals surface area (Å²) in [5.41, 5.74) is -0.183. The number of ether oxygens (including phenoxy) is 2. The van der Waals surface area contributed by atoms with Crippen LogP contribution in [0.1, 0.15) is 13.3 Å². The molecule has 2 rings (SSSR count). The number of non-ortho nitro benzene ring substituents is 1. The molecule has 0 saturated carbocycles. The topological polar surface area (TPSA) is 116 Å². The number of sulfone groups is 1. The minimum absolute atomic E-state index is 0.0489. The van der Waals surface area contributed by atoms with Crippen molar-refractivity contribution >= 4 is 21.4 Å². The summed E-state index contributed by atoms with van der Waals surface area (Å²) in [7, 11) is -1.72. The maximum absolute atomic E-state index is 12.4. The van der Waals surface area contributed by atoms with Crippen LogP contribution >= 0.6 is 0 Å². The number of nitrogens with zero attached hydrogens (tertiary/aromatic N) is 2. The maximum Gasteiger partial charge on any atom is 0.273 e. The van der Waals surface area contributed by atoms with Crippen molar-refractivity contribution in [3.8, 4) is 11.5 Å². The van der Waals surface area contributed by atoms with Crippen LogP contribution in [0.25, 0.3) is 0 Å². The number of nitro benzene ring substituents is 1. The first-order valence-electron chi connectivity index (χ1n) is 7.72. The van der Waals surface area contributed by atoms with Gasteiger partial charge in [0.05, 0.1) is 29.6 Å². The van der Waals surface area contributed by atoms with Crippen LogP contribution in [-0.2, 0) is 14.6 Å². The Balaban J connectivity index is 2.08. The van der Waals surface area contributed by atoms with E-state index in [1.807, 2.05) is 0 Å². The summed E-state index contributed by atoms with van der Waals surface area (Å²) in [6.07, 6.45) is 0.405. The molecule has 1 atom stereocenters. The van der Waals surface area contributed by atoms with E-state index in [0.717, 1.165) is 0 Å². The molecule has 0 aliphatic carbocycles. The smallest absolute Gasteiger partial charge is 0.273 e. The van der Waals surface area contributed by atoms with Crippen LogP contribution in [0, 0.1) is 10.1 Å². The molecule has 1 heterocycles. The molecule has 1 amide bonds. The third kappa shape index (κ3) is 4.59. The lowest BCUT2D eigenvalue weighted by Crippen LogP contribution is -2.43. The Morgan fingerprint density at radius 3 is 2.64 bits per heavy atom. The molecule has 138 valence electrons. The van der Waals surface area contributed by atoms with Gasteiger partial charge in [-0.25, -0.2) is 8.42 Å². The van der Waals surface area contributed by atoms with Gasteiger partial charge in [0.15, 0.2) is 27.9 Å². The quantitative estimate of drug-likeness (QED) is 0.518. The first kappa shape index (κ1) is 19.0. The zero-order chi connectivity index (χ0) is 18.6. The van der Waals surface area contributed by atoms with Crippen LogP contribution in [-0.4, -0.2) is 62.0 Å². The number of methoxy groups -OCH3 is 1. The number of amides is 1. The Morgan fingerprint density at radius 1 is 1.40 bits per heavy atom. The van der Waals surface area contributed by atoms with E-state index in [0.29, 0.717) is 13.0 Å². The van der Waals surface area contributed by atoms with Gasteiger partial charge < -0.3 is 14.4 Å². The predicted octanol–water partition coefficient (Wildman–Crippen LogP) is 1.02. The van der Waals surface area contributed by atoms with E-state index in [4.69, 9.17) is 9.47 Å². The minimum atomic E-state index is -3.11. The number of hydrogen-bond acceptors (Lipinski definition) is 7. The third-order valence-electron chi connectivity index (χ3n) is 4.02. The Kier molecular flexibility index (Phi) is 5.83. The van der Waals surface area contributed by atoms with Crippen molar-refractivity contribution in [3.05, 3.63) is 28.3 Å². The molecule has 25 heavy (non-hydrogen) atoms. The minimum Gasteiger partial charge on any atom is -0.493 e. The van der Waals surface area contributed by atoms with Crippen LogP contribution in [0.5, 0.6) is 11.5 Å². The van der Waals surface area contributed by atoms with Gasteiger partial charge in [-0.05, 0) is 19.4 Å². The number of rotatable bonds is 7. The van der Waals surface area contributed by atoms with E-state index in [9.17, 15) is 23.3 Å². The Hall–Kier alpha value is -2.36. The molecular formula is C15H20N2O7S. The molecule has 1 aromatic carbocycles. The van der Waals surface area contributed by atoms with Gasteiger partial charge in [0, 0.05) is 18.7 Å². The van der Waals surface area contributed by atoms with Crippen LogP contribution in [0.2, 0.25) is 0 Å². The molecule has 10 heteroatoms. The third-order valence-corrected chi connectivity index (χ3v) is 5.77. The van der Waals surface area contributed by atoms with Crippen molar-refractivity contribution < 1.29 is 27.6 Å². The summed E-state index contributed by atoms with van der Waals surface area (Å²) >= 11 is 0. The Labute approximate surface area is 145 Å². The highest BCUT2D eigenvalue weighted by molar-refractivity contribution is 7.91. The second-order valence-electron chi connectivity index (χ2n) is 5.62. The lowest BCUT2D eigenvalue weighted by molar-refractivity contribution is -0.385. The molecule has 1 aromatic rings. The highest BCUT2D eigenvalue weighted by Gasteiger charge is 2.34. The lowest BCUT2D eigenvalue weighted by Gasteiger charge is -2.26. The zero-order valence-electron chi connectivity index (χ0n) is 14.0. The van der Waals surface area contributed by atoms with E-state index in [1.165, 1.54) is 30.2 Å². The molecule has 1 fully saturated rings. The number of carbonyl (C=O) groups excluding carboxylic acids is 1. The van der Waals surface area contributed by atoms with Crippen molar-refractivity contribution in [1.82, 2.24) is 4.90 Å². The number of nitro groups is 1. The van der Waals surface area contributed by atoms with Crippen LogP contribution in [0.3, 0.4) is 0 Å². The lowest BCUT2D eigenvalue weighted by atomic mass is 10.2. The number of benzene rings is 1. The summed E-state index contributed by atoms with van der Waals surface area (Å²) < 4.78 is 33.7. The second kappa shape index (κ2) is 7.68. The average Bonchev–Trinajstić information content (AvgIpc) is 2.92. The molecule has 1 aliphatic heterocycles. The highest BCUT2D eigenvalue weighted by Crippen LogP contribution is 2.31. The Bertz CT molecular complexity index is 763. The van der Waals surface area contributed by atoms with E-state index in [-0.39, 0.29) is 47.2 Å².